The number of hydrogen-bond donors (Lipinski definition) is 2. The minimum absolute atomic E-state index is 0.623. The first-order valence-electron chi connectivity index (χ1n) is 10.6. The van der Waals surface area contributed by atoms with Crippen molar-refractivity contribution in [3.8, 4) is 16.9 Å². The Bertz CT molecular complexity index is 994. The van der Waals surface area contributed by atoms with Gasteiger partial charge in [-0.3, -0.25) is 15.8 Å². The SMILES string of the molecule is Cc1ccc(C)c(-n2cc(CN3CCC4NNCC4C3)c(-c3ccccc3)n2)c1. The number of hydrogen-bond acceptors (Lipinski definition) is 4. The van der Waals surface area contributed by atoms with Gasteiger partial charge in [0.15, 0.2) is 0 Å². The molecule has 150 valence electrons. The molecule has 5 nitrogen and oxygen atoms in total. The Kier molecular flexibility index (Phi) is 4.96. The van der Waals surface area contributed by atoms with Crippen molar-refractivity contribution < 1.29 is 0 Å². The lowest BCUT2D eigenvalue weighted by Crippen LogP contribution is -2.44. The predicted molar refractivity (Wildman–Crippen MR) is 117 cm³/mol. The number of nitrogens with one attached hydrogen (secondary N) is 2. The fourth-order valence-electron chi connectivity index (χ4n) is 4.66. The van der Waals surface area contributed by atoms with E-state index in [1.54, 1.807) is 0 Å². The van der Waals surface area contributed by atoms with Gasteiger partial charge in [0.1, 0.15) is 0 Å². The highest BCUT2D eigenvalue weighted by Crippen LogP contribution is 2.28. The summed E-state index contributed by atoms with van der Waals surface area (Å²) < 4.78 is 2.07. The van der Waals surface area contributed by atoms with Gasteiger partial charge in [0.05, 0.1) is 11.4 Å². The molecule has 29 heavy (non-hydrogen) atoms. The number of aryl methyl sites for hydroxylation is 2. The van der Waals surface area contributed by atoms with Crippen molar-refractivity contribution >= 4 is 0 Å². The second kappa shape index (κ2) is 7.75. The van der Waals surface area contributed by atoms with Crippen molar-refractivity contribution in [1.29, 1.82) is 0 Å². The summed E-state index contributed by atoms with van der Waals surface area (Å²) in [4.78, 5) is 2.59. The number of likely N-dealkylation sites (tertiary alicyclic amines) is 1. The zero-order valence-electron chi connectivity index (χ0n) is 17.2. The monoisotopic (exact) mass is 387 g/mol. The van der Waals surface area contributed by atoms with Crippen LogP contribution in [0.25, 0.3) is 16.9 Å². The number of nitrogens with zero attached hydrogens (tertiary/aromatic N) is 3. The summed E-state index contributed by atoms with van der Waals surface area (Å²) in [5.41, 5.74) is 14.0. The molecular weight excluding hydrogens is 358 g/mol. The van der Waals surface area contributed by atoms with Gasteiger partial charge >= 0.3 is 0 Å². The lowest BCUT2D eigenvalue weighted by atomic mass is 9.94. The number of fused-ring (bicyclic) bond motifs is 1. The number of aromatic nitrogens is 2. The van der Waals surface area contributed by atoms with Gasteiger partial charge in [-0.05, 0) is 37.5 Å². The molecule has 0 spiro atoms. The molecule has 2 aliphatic rings. The molecule has 1 aromatic heterocycles. The summed E-state index contributed by atoms with van der Waals surface area (Å²) in [6.07, 6.45) is 3.44. The van der Waals surface area contributed by atoms with Crippen molar-refractivity contribution in [2.24, 2.45) is 5.92 Å². The molecular formula is C24H29N5. The molecule has 2 N–H and O–H groups in total. The summed E-state index contributed by atoms with van der Waals surface area (Å²) in [7, 11) is 0. The molecule has 3 heterocycles. The molecule has 3 aromatic rings. The maximum Gasteiger partial charge on any atom is 0.0972 e. The molecule has 0 bridgehead atoms. The van der Waals surface area contributed by atoms with Gasteiger partial charge in [-0.1, -0.05) is 42.5 Å². The third-order valence-corrected chi connectivity index (χ3v) is 6.31. The third kappa shape index (κ3) is 3.73. The van der Waals surface area contributed by atoms with E-state index in [9.17, 15) is 0 Å². The largest absolute Gasteiger partial charge is 0.298 e. The second-order valence-corrected chi connectivity index (χ2v) is 8.52. The first-order chi connectivity index (χ1) is 14.2. The van der Waals surface area contributed by atoms with Gasteiger partial charge in [-0.25, -0.2) is 4.68 Å². The van der Waals surface area contributed by atoms with Crippen LogP contribution in [-0.2, 0) is 6.54 Å². The van der Waals surface area contributed by atoms with Crippen LogP contribution in [0, 0.1) is 19.8 Å². The summed E-state index contributed by atoms with van der Waals surface area (Å²) in [5, 5.41) is 5.05. The predicted octanol–water partition coefficient (Wildman–Crippen LogP) is 3.45. The highest BCUT2D eigenvalue weighted by Gasteiger charge is 2.33. The number of rotatable bonds is 4. The molecule has 2 unspecified atom stereocenters. The summed E-state index contributed by atoms with van der Waals surface area (Å²) >= 11 is 0. The fraction of sp³-hybridized carbons (Fsp3) is 0.375. The fourth-order valence-corrected chi connectivity index (χ4v) is 4.66. The molecule has 5 rings (SSSR count). The average molecular weight is 388 g/mol. The van der Waals surface area contributed by atoms with Gasteiger partial charge < -0.3 is 0 Å². The number of benzene rings is 2. The number of hydrazine groups is 1. The van der Waals surface area contributed by atoms with Crippen LogP contribution in [0.4, 0.5) is 0 Å². The Hall–Kier alpha value is -2.47. The second-order valence-electron chi connectivity index (χ2n) is 8.52. The lowest BCUT2D eigenvalue weighted by molar-refractivity contribution is 0.161. The van der Waals surface area contributed by atoms with Crippen molar-refractivity contribution in [2.45, 2.75) is 32.9 Å². The van der Waals surface area contributed by atoms with E-state index >= 15 is 0 Å². The molecule has 5 heteroatoms. The van der Waals surface area contributed by atoms with E-state index in [0.29, 0.717) is 12.0 Å². The molecule has 2 aromatic carbocycles. The maximum absolute atomic E-state index is 5.05. The standard InChI is InChI=1S/C24H29N5/c1-17-8-9-18(2)23(12-17)29-16-21(24(27-29)19-6-4-3-5-7-19)15-28-11-10-22-20(14-28)13-25-26-22/h3-9,12,16,20,22,25-26H,10-11,13-15H2,1-2H3. The van der Waals surface area contributed by atoms with Gasteiger partial charge in [0.25, 0.3) is 0 Å². The topological polar surface area (TPSA) is 45.1 Å². The van der Waals surface area contributed by atoms with Crippen molar-refractivity contribution in [3.63, 3.8) is 0 Å². The molecule has 0 saturated carbocycles. The minimum Gasteiger partial charge on any atom is -0.298 e. The first kappa shape index (κ1) is 18.6. The van der Waals surface area contributed by atoms with E-state index < -0.39 is 0 Å². The van der Waals surface area contributed by atoms with Crippen molar-refractivity contribution in [2.75, 3.05) is 19.6 Å². The molecule has 0 aliphatic carbocycles. The zero-order valence-corrected chi connectivity index (χ0v) is 17.2. The Morgan fingerprint density at radius 2 is 1.97 bits per heavy atom. The maximum atomic E-state index is 5.05. The smallest absolute Gasteiger partial charge is 0.0972 e. The first-order valence-corrected chi connectivity index (χ1v) is 10.6. The highest BCUT2D eigenvalue weighted by molar-refractivity contribution is 5.63. The average Bonchev–Trinajstić information content (AvgIpc) is 3.37. The Morgan fingerprint density at radius 1 is 1.10 bits per heavy atom. The van der Waals surface area contributed by atoms with E-state index in [2.05, 4.69) is 89.0 Å². The molecule has 2 fully saturated rings. The summed E-state index contributed by atoms with van der Waals surface area (Å²) in [6.45, 7) is 8.56. The lowest BCUT2D eigenvalue weighted by Gasteiger charge is -2.34. The molecule has 2 atom stereocenters. The summed E-state index contributed by atoms with van der Waals surface area (Å²) in [5.74, 6) is 0.693. The van der Waals surface area contributed by atoms with Gasteiger partial charge in [0.2, 0.25) is 0 Å². The molecule has 0 amide bonds. The Labute approximate surface area is 172 Å². The van der Waals surface area contributed by atoms with Crippen LogP contribution in [0.3, 0.4) is 0 Å². The number of piperidine rings is 1. The minimum atomic E-state index is 0.623. The zero-order chi connectivity index (χ0) is 19.8. The van der Waals surface area contributed by atoms with Crippen LogP contribution >= 0.6 is 0 Å². The van der Waals surface area contributed by atoms with E-state index in [-0.39, 0.29) is 0 Å². The Morgan fingerprint density at radius 3 is 2.83 bits per heavy atom. The van der Waals surface area contributed by atoms with Crippen molar-refractivity contribution in [3.05, 3.63) is 71.4 Å². The van der Waals surface area contributed by atoms with Crippen LogP contribution in [0.2, 0.25) is 0 Å². The van der Waals surface area contributed by atoms with Gasteiger partial charge in [-0.15, -0.1) is 0 Å². The van der Waals surface area contributed by atoms with Crippen LogP contribution < -0.4 is 10.9 Å². The highest BCUT2D eigenvalue weighted by atomic mass is 15.4. The van der Waals surface area contributed by atoms with E-state index in [4.69, 9.17) is 5.10 Å². The van der Waals surface area contributed by atoms with Crippen LogP contribution in [-0.4, -0.2) is 40.4 Å². The quantitative estimate of drug-likeness (QED) is 0.720. The summed E-state index contributed by atoms with van der Waals surface area (Å²) in [6, 6.07) is 17.8. The van der Waals surface area contributed by atoms with E-state index in [1.807, 2.05) is 0 Å². The van der Waals surface area contributed by atoms with Crippen molar-refractivity contribution in [1.82, 2.24) is 25.5 Å². The van der Waals surface area contributed by atoms with E-state index in [0.717, 1.165) is 37.6 Å². The third-order valence-electron chi connectivity index (χ3n) is 6.31. The van der Waals surface area contributed by atoms with Crippen LogP contribution in [0.15, 0.2) is 54.7 Å². The normalized spacial score (nSPS) is 22.0. The molecule has 2 saturated heterocycles. The molecule has 2 aliphatic heterocycles. The van der Waals surface area contributed by atoms with Gasteiger partial charge in [0, 0.05) is 55.5 Å². The van der Waals surface area contributed by atoms with E-state index in [1.165, 1.54) is 28.7 Å². The molecule has 0 radical (unpaired) electrons. The van der Waals surface area contributed by atoms with Crippen LogP contribution in [0.5, 0.6) is 0 Å². The Balaban J connectivity index is 1.49. The van der Waals surface area contributed by atoms with Gasteiger partial charge in [-0.2, -0.15) is 5.10 Å². The van der Waals surface area contributed by atoms with Crippen LogP contribution in [0.1, 0.15) is 23.1 Å².